The summed E-state index contributed by atoms with van der Waals surface area (Å²) in [7, 11) is 3.27. The number of hydrogen-bond acceptors (Lipinski definition) is 3. The largest absolute Gasteiger partial charge is 0.497 e. The van der Waals surface area contributed by atoms with Crippen LogP contribution in [0, 0.1) is 0 Å². The fraction of sp³-hybridized carbons (Fsp3) is 0.381. The minimum atomic E-state index is 0.146. The van der Waals surface area contributed by atoms with Crippen molar-refractivity contribution in [3.8, 4) is 11.5 Å². The molecule has 0 aliphatic heterocycles. The Morgan fingerprint density at radius 3 is 2.19 bits per heavy atom. The monoisotopic (exact) mass is 372 g/mol. The van der Waals surface area contributed by atoms with Crippen molar-refractivity contribution in [3.05, 3.63) is 53.6 Å². The Bertz CT molecular complexity index is 729. The number of benzene rings is 2. The predicted molar refractivity (Wildman–Crippen MR) is 112 cm³/mol. The lowest BCUT2D eigenvalue weighted by Crippen LogP contribution is -2.32. The minimum Gasteiger partial charge on any atom is -0.497 e. The summed E-state index contributed by atoms with van der Waals surface area (Å²) in [6.07, 6.45) is 0.929. The van der Waals surface area contributed by atoms with Crippen LogP contribution in [0.3, 0.4) is 0 Å². The first kappa shape index (κ1) is 20.0. The lowest BCUT2D eigenvalue weighted by atomic mass is 9.98. The second-order valence-corrected chi connectivity index (χ2v) is 6.86. The summed E-state index contributed by atoms with van der Waals surface area (Å²) in [5, 5.41) is 7.16. The third-order valence-electron chi connectivity index (χ3n) is 4.37. The highest BCUT2D eigenvalue weighted by Gasteiger charge is 2.13. The van der Waals surface area contributed by atoms with Crippen molar-refractivity contribution in [3.63, 3.8) is 0 Å². The molecule has 1 atom stereocenters. The minimum absolute atomic E-state index is 0.146. The standard InChI is InChI=1S/C21H28N2O2S/c1-6-18(16-9-7-15(8-10-16)14(2)3)22-21(26)23-19-13-17(24-4)11-12-20(19)25-5/h7-14,18H,6H2,1-5H3,(H2,22,23,26). The molecule has 2 aromatic rings. The number of nitrogens with one attached hydrogen (secondary N) is 2. The van der Waals surface area contributed by atoms with Crippen LogP contribution in [0.25, 0.3) is 0 Å². The van der Waals surface area contributed by atoms with Gasteiger partial charge in [-0.15, -0.1) is 0 Å². The average Bonchev–Trinajstić information content (AvgIpc) is 2.66. The SMILES string of the molecule is CCC(NC(=S)Nc1cc(OC)ccc1OC)c1ccc(C(C)C)cc1. The number of thiocarbonyl (C=S) groups is 1. The molecule has 0 saturated carbocycles. The first-order chi connectivity index (χ1) is 12.5. The Morgan fingerprint density at radius 1 is 1.00 bits per heavy atom. The van der Waals surface area contributed by atoms with E-state index in [9.17, 15) is 0 Å². The first-order valence-corrected chi connectivity index (χ1v) is 9.28. The maximum atomic E-state index is 5.51. The van der Waals surface area contributed by atoms with E-state index in [1.165, 1.54) is 11.1 Å². The fourth-order valence-electron chi connectivity index (χ4n) is 2.76. The Morgan fingerprint density at radius 2 is 1.65 bits per heavy atom. The van der Waals surface area contributed by atoms with Gasteiger partial charge in [-0.3, -0.25) is 0 Å². The molecule has 0 fully saturated rings. The number of rotatable bonds is 7. The molecule has 0 radical (unpaired) electrons. The summed E-state index contributed by atoms with van der Waals surface area (Å²) in [5.41, 5.74) is 3.33. The molecule has 0 aliphatic rings. The summed E-state index contributed by atoms with van der Waals surface area (Å²) < 4.78 is 10.7. The molecule has 0 aliphatic carbocycles. The van der Waals surface area contributed by atoms with E-state index in [-0.39, 0.29) is 6.04 Å². The topological polar surface area (TPSA) is 42.5 Å². The van der Waals surface area contributed by atoms with E-state index in [1.54, 1.807) is 14.2 Å². The molecule has 0 aromatic heterocycles. The van der Waals surface area contributed by atoms with E-state index in [1.807, 2.05) is 18.2 Å². The Hall–Kier alpha value is -2.27. The van der Waals surface area contributed by atoms with E-state index in [2.05, 4.69) is 55.7 Å². The lowest BCUT2D eigenvalue weighted by Gasteiger charge is -2.21. The summed E-state index contributed by atoms with van der Waals surface area (Å²) in [4.78, 5) is 0. The van der Waals surface area contributed by atoms with Gasteiger partial charge in [0.1, 0.15) is 11.5 Å². The molecule has 4 nitrogen and oxygen atoms in total. The van der Waals surface area contributed by atoms with E-state index < -0.39 is 0 Å². The van der Waals surface area contributed by atoms with Crippen molar-refractivity contribution >= 4 is 23.0 Å². The quantitative estimate of drug-likeness (QED) is 0.649. The molecule has 1 unspecified atom stereocenters. The van der Waals surface area contributed by atoms with Gasteiger partial charge in [-0.2, -0.15) is 0 Å². The molecular weight excluding hydrogens is 344 g/mol. The lowest BCUT2D eigenvalue weighted by molar-refractivity contribution is 0.405. The summed E-state index contributed by atoms with van der Waals surface area (Å²) in [5.74, 6) is 1.98. The highest BCUT2D eigenvalue weighted by atomic mass is 32.1. The van der Waals surface area contributed by atoms with Gasteiger partial charge in [0.2, 0.25) is 0 Å². The molecule has 2 rings (SSSR count). The normalized spacial score (nSPS) is 11.8. The maximum Gasteiger partial charge on any atom is 0.171 e. The molecule has 0 bridgehead atoms. The molecular formula is C21H28N2O2S. The van der Waals surface area contributed by atoms with E-state index >= 15 is 0 Å². The van der Waals surface area contributed by atoms with Crippen LogP contribution in [0.4, 0.5) is 5.69 Å². The van der Waals surface area contributed by atoms with Gasteiger partial charge < -0.3 is 20.1 Å². The zero-order valence-electron chi connectivity index (χ0n) is 16.1. The van der Waals surface area contributed by atoms with Gasteiger partial charge in [0.25, 0.3) is 0 Å². The van der Waals surface area contributed by atoms with Gasteiger partial charge in [-0.05, 0) is 47.8 Å². The zero-order chi connectivity index (χ0) is 19.1. The molecule has 2 aromatic carbocycles. The molecule has 26 heavy (non-hydrogen) atoms. The Kier molecular flexibility index (Phi) is 7.27. The number of methoxy groups -OCH3 is 2. The van der Waals surface area contributed by atoms with E-state index in [0.717, 1.165) is 17.9 Å². The second-order valence-electron chi connectivity index (χ2n) is 6.45. The zero-order valence-corrected chi connectivity index (χ0v) is 16.9. The Labute approximate surface area is 161 Å². The summed E-state index contributed by atoms with van der Waals surface area (Å²) in [6.45, 7) is 6.54. The van der Waals surface area contributed by atoms with Crippen LogP contribution in [-0.4, -0.2) is 19.3 Å². The second kappa shape index (κ2) is 9.43. The van der Waals surface area contributed by atoms with E-state index in [0.29, 0.717) is 16.8 Å². The molecule has 2 N–H and O–H groups in total. The first-order valence-electron chi connectivity index (χ1n) is 8.87. The van der Waals surface area contributed by atoms with Crippen LogP contribution in [0.5, 0.6) is 11.5 Å². The summed E-state index contributed by atoms with van der Waals surface area (Å²) in [6, 6.07) is 14.4. The van der Waals surface area contributed by atoms with Gasteiger partial charge in [0.15, 0.2) is 5.11 Å². The maximum absolute atomic E-state index is 5.51. The van der Waals surface area contributed by atoms with Crippen molar-refractivity contribution in [2.45, 2.75) is 39.2 Å². The molecule has 140 valence electrons. The highest BCUT2D eigenvalue weighted by molar-refractivity contribution is 7.80. The predicted octanol–water partition coefficient (Wildman–Crippen LogP) is 5.26. The summed E-state index contributed by atoms with van der Waals surface area (Å²) >= 11 is 5.51. The molecule has 0 saturated heterocycles. The van der Waals surface area contributed by atoms with E-state index in [4.69, 9.17) is 21.7 Å². The fourth-order valence-corrected chi connectivity index (χ4v) is 3.01. The average molecular weight is 373 g/mol. The van der Waals surface area contributed by atoms with Gasteiger partial charge in [0, 0.05) is 6.07 Å². The molecule has 5 heteroatoms. The van der Waals surface area contributed by atoms with Crippen LogP contribution >= 0.6 is 12.2 Å². The Balaban J connectivity index is 2.09. The molecule has 0 heterocycles. The molecule has 0 amide bonds. The van der Waals surface area contributed by atoms with Crippen LogP contribution in [0.2, 0.25) is 0 Å². The number of hydrogen-bond donors (Lipinski definition) is 2. The number of ether oxygens (including phenoxy) is 2. The molecule has 0 spiro atoms. The van der Waals surface area contributed by atoms with Crippen molar-refractivity contribution in [2.75, 3.05) is 19.5 Å². The third-order valence-corrected chi connectivity index (χ3v) is 4.59. The highest BCUT2D eigenvalue weighted by Crippen LogP contribution is 2.29. The van der Waals surface area contributed by atoms with Gasteiger partial charge in [0.05, 0.1) is 25.9 Å². The van der Waals surface area contributed by atoms with Gasteiger partial charge >= 0.3 is 0 Å². The smallest absolute Gasteiger partial charge is 0.171 e. The van der Waals surface area contributed by atoms with Crippen LogP contribution in [0.15, 0.2) is 42.5 Å². The third kappa shape index (κ3) is 5.11. The van der Waals surface area contributed by atoms with Crippen LogP contribution in [-0.2, 0) is 0 Å². The van der Waals surface area contributed by atoms with Crippen LogP contribution in [0.1, 0.15) is 50.3 Å². The van der Waals surface area contributed by atoms with Crippen molar-refractivity contribution in [1.29, 1.82) is 0 Å². The van der Waals surface area contributed by atoms with Gasteiger partial charge in [-0.1, -0.05) is 45.0 Å². The van der Waals surface area contributed by atoms with Crippen molar-refractivity contribution in [1.82, 2.24) is 5.32 Å². The number of anilines is 1. The van der Waals surface area contributed by atoms with Crippen molar-refractivity contribution in [2.24, 2.45) is 0 Å². The van der Waals surface area contributed by atoms with Crippen molar-refractivity contribution < 1.29 is 9.47 Å². The van der Waals surface area contributed by atoms with Gasteiger partial charge in [-0.25, -0.2) is 0 Å². The van der Waals surface area contributed by atoms with Crippen LogP contribution < -0.4 is 20.1 Å².